The first-order valence-electron chi connectivity index (χ1n) is 6.68. The molecule has 2 rings (SSSR count). The van der Waals surface area contributed by atoms with Crippen molar-refractivity contribution in [1.29, 1.82) is 0 Å². The lowest BCUT2D eigenvalue weighted by Crippen LogP contribution is -2.36. The van der Waals surface area contributed by atoms with Gasteiger partial charge in [-0.2, -0.15) is 0 Å². The van der Waals surface area contributed by atoms with Crippen LogP contribution in [-0.2, 0) is 4.79 Å². The summed E-state index contributed by atoms with van der Waals surface area (Å²) in [5.74, 6) is -0.557. The fraction of sp³-hybridized carbons (Fsp3) is 0.533. The van der Waals surface area contributed by atoms with Crippen molar-refractivity contribution in [2.45, 2.75) is 25.7 Å². The second-order valence-corrected chi connectivity index (χ2v) is 5.15. The zero-order chi connectivity index (χ0) is 13.0. The highest BCUT2D eigenvalue weighted by atomic mass is 16.4. The van der Waals surface area contributed by atoms with E-state index in [4.69, 9.17) is 0 Å². The summed E-state index contributed by atoms with van der Waals surface area (Å²) in [4.78, 5) is 11.6. The van der Waals surface area contributed by atoms with E-state index in [-0.39, 0.29) is 11.8 Å². The number of hydrogen-bond acceptors (Lipinski definition) is 2. The van der Waals surface area contributed by atoms with Crippen molar-refractivity contribution in [2.24, 2.45) is 11.8 Å². The molecular weight excluding hydrogens is 226 g/mol. The Kier molecular flexibility index (Phi) is 4.37. The maximum Gasteiger partial charge on any atom is 0.307 e. The number of rotatable bonds is 4. The van der Waals surface area contributed by atoms with Crippen LogP contribution in [0.4, 0.5) is 0 Å². The average Bonchev–Trinajstić information content (AvgIpc) is 2.40. The molecular formula is C15H21NO2. The van der Waals surface area contributed by atoms with Gasteiger partial charge in [0.1, 0.15) is 0 Å². The number of carbonyl (C=O) groups is 1. The van der Waals surface area contributed by atoms with Crippen molar-refractivity contribution >= 4 is 5.97 Å². The van der Waals surface area contributed by atoms with Crippen LogP contribution in [0.25, 0.3) is 0 Å². The molecule has 0 radical (unpaired) electrons. The van der Waals surface area contributed by atoms with E-state index in [0.29, 0.717) is 5.92 Å². The SMILES string of the molecule is CC(c1ccccc1)C(C(=O)O)C1CCNCC1. The molecule has 98 valence electrons. The summed E-state index contributed by atoms with van der Waals surface area (Å²) >= 11 is 0. The molecule has 0 aromatic heterocycles. The van der Waals surface area contributed by atoms with Crippen molar-refractivity contribution in [2.75, 3.05) is 13.1 Å². The van der Waals surface area contributed by atoms with Crippen LogP contribution < -0.4 is 5.32 Å². The highest BCUT2D eigenvalue weighted by molar-refractivity contribution is 5.71. The van der Waals surface area contributed by atoms with Gasteiger partial charge < -0.3 is 10.4 Å². The van der Waals surface area contributed by atoms with Crippen LogP contribution >= 0.6 is 0 Å². The van der Waals surface area contributed by atoms with E-state index >= 15 is 0 Å². The highest BCUT2D eigenvalue weighted by Crippen LogP contribution is 2.34. The molecule has 3 heteroatoms. The molecule has 0 aliphatic carbocycles. The molecule has 1 aromatic rings. The largest absolute Gasteiger partial charge is 0.481 e. The van der Waals surface area contributed by atoms with Crippen molar-refractivity contribution < 1.29 is 9.90 Å². The second kappa shape index (κ2) is 6.01. The molecule has 0 amide bonds. The molecule has 0 saturated carbocycles. The van der Waals surface area contributed by atoms with Crippen LogP contribution in [0.3, 0.4) is 0 Å². The highest BCUT2D eigenvalue weighted by Gasteiger charge is 2.34. The molecule has 18 heavy (non-hydrogen) atoms. The minimum absolute atomic E-state index is 0.0757. The Morgan fingerprint density at radius 3 is 2.44 bits per heavy atom. The Morgan fingerprint density at radius 2 is 1.89 bits per heavy atom. The lowest BCUT2D eigenvalue weighted by atomic mass is 9.75. The van der Waals surface area contributed by atoms with Gasteiger partial charge in [-0.15, -0.1) is 0 Å². The smallest absolute Gasteiger partial charge is 0.307 e. The molecule has 3 nitrogen and oxygen atoms in total. The average molecular weight is 247 g/mol. The monoisotopic (exact) mass is 247 g/mol. The molecule has 0 spiro atoms. The van der Waals surface area contributed by atoms with Gasteiger partial charge in [0.25, 0.3) is 0 Å². The number of hydrogen-bond donors (Lipinski definition) is 2. The summed E-state index contributed by atoms with van der Waals surface area (Å²) in [6.45, 7) is 3.92. The van der Waals surface area contributed by atoms with E-state index < -0.39 is 5.97 Å². The molecule has 1 aliphatic rings. The first-order chi connectivity index (χ1) is 8.70. The second-order valence-electron chi connectivity index (χ2n) is 5.15. The summed E-state index contributed by atoms with van der Waals surface area (Å²) in [6.07, 6.45) is 1.93. The predicted molar refractivity (Wildman–Crippen MR) is 71.6 cm³/mol. The number of piperidine rings is 1. The molecule has 1 aliphatic heterocycles. The fourth-order valence-electron chi connectivity index (χ4n) is 2.99. The van der Waals surface area contributed by atoms with Crippen molar-refractivity contribution in [3.05, 3.63) is 35.9 Å². The topological polar surface area (TPSA) is 49.3 Å². The molecule has 1 saturated heterocycles. The molecule has 2 atom stereocenters. The van der Waals surface area contributed by atoms with E-state index in [0.717, 1.165) is 31.5 Å². The Balaban J connectivity index is 2.16. The molecule has 0 bridgehead atoms. The van der Waals surface area contributed by atoms with E-state index in [1.165, 1.54) is 0 Å². The van der Waals surface area contributed by atoms with E-state index in [9.17, 15) is 9.90 Å². The minimum Gasteiger partial charge on any atom is -0.481 e. The lowest BCUT2D eigenvalue weighted by molar-refractivity contribution is -0.145. The predicted octanol–water partition coefficient (Wildman–Crippen LogP) is 2.49. The maximum absolute atomic E-state index is 11.6. The standard InChI is InChI=1S/C15H21NO2/c1-11(12-5-3-2-4-6-12)14(15(17)18)13-7-9-16-10-8-13/h2-6,11,13-14,16H,7-10H2,1H3,(H,17,18). The maximum atomic E-state index is 11.6. The third-order valence-corrected chi connectivity index (χ3v) is 4.04. The summed E-state index contributed by atoms with van der Waals surface area (Å²) in [5.41, 5.74) is 1.13. The van der Waals surface area contributed by atoms with Gasteiger partial charge in [0.05, 0.1) is 5.92 Å². The number of benzene rings is 1. The summed E-state index contributed by atoms with van der Waals surface area (Å²) < 4.78 is 0. The summed E-state index contributed by atoms with van der Waals surface area (Å²) in [7, 11) is 0. The number of carboxylic acids is 1. The van der Waals surface area contributed by atoms with Gasteiger partial charge in [-0.3, -0.25) is 4.79 Å². The Hall–Kier alpha value is -1.35. The Bertz CT molecular complexity index is 385. The molecule has 2 N–H and O–H groups in total. The molecule has 1 fully saturated rings. The van der Waals surface area contributed by atoms with Gasteiger partial charge >= 0.3 is 5.97 Å². The van der Waals surface area contributed by atoms with Crippen LogP contribution in [0, 0.1) is 11.8 Å². The summed E-state index contributed by atoms with van der Waals surface area (Å²) in [6, 6.07) is 9.99. The Morgan fingerprint density at radius 1 is 1.28 bits per heavy atom. The number of aliphatic carboxylic acids is 1. The van der Waals surface area contributed by atoms with Crippen LogP contribution in [0.1, 0.15) is 31.2 Å². The zero-order valence-corrected chi connectivity index (χ0v) is 10.8. The van der Waals surface area contributed by atoms with Gasteiger partial charge in [0.2, 0.25) is 0 Å². The quantitative estimate of drug-likeness (QED) is 0.859. The van der Waals surface area contributed by atoms with E-state index in [1.54, 1.807) is 0 Å². The van der Waals surface area contributed by atoms with Gasteiger partial charge in [-0.25, -0.2) is 0 Å². The molecule has 2 unspecified atom stereocenters. The van der Waals surface area contributed by atoms with Gasteiger partial charge in [-0.1, -0.05) is 37.3 Å². The fourth-order valence-corrected chi connectivity index (χ4v) is 2.99. The van der Waals surface area contributed by atoms with Crippen LogP contribution in [0.5, 0.6) is 0 Å². The first-order valence-corrected chi connectivity index (χ1v) is 6.68. The minimum atomic E-state index is -0.654. The zero-order valence-electron chi connectivity index (χ0n) is 10.8. The third-order valence-electron chi connectivity index (χ3n) is 4.04. The molecule has 1 aromatic carbocycles. The Labute approximate surface area is 108 Å². The summed E-state index contributed by atoms with van der Waals surface area (Å²) in [5, 5.41) is 12.8. The van der Waals surface area contributed by atoms with Crippen LogP contribution in [0.15, 0.2) is 30.3 Å². The first kappa shape index (κ1) is 13.1. The van der Waals surface area contributed by atoms with Crippen molar-refractivity contribution in [1.82, 2.24) is 5.32 Å². The van der Waals surface area contributed by atoms with Crippen molar-refractivity contribution in [3.63, 3.8) is 0 Å². The van der Waals surface area contributed by atoms with Gasteiger partial charge in [0.15, 0.2) is 0 Å². The number of carboxylic acid groups (broad SMARTS) is 1. The van der Waals surface area contributed by atoms with E-state index in [1.807, 2.05) is 37.3 Å². The van der Waals surface area contributed by atoms with Gasteiger partial charge in [0, 0.05) is 0 Å². The third kappa shape index (κ3) is 2.91. The van der Waals surface area contributed by atoms with Crippen molar-refractivity contribution in [3.8, 4) is 0 Å². The van der Waals surface area contributed by atoms with Crippen LogP contribution in [-0.4, -0.2) is 24.2 Å². The molecule has 1 heterocycles. The number of nitrogens with one attached hydrogen (secondary N) is 1. The van der Waals surface area contributed by atoms with Gasteiger partial charge in [-0.05, 0) is 43.3 Å². The van der Waals surface area contributed by atoms with E-state index in [2.05, 4.69) is 5.32 Å². The normalized spacial score (nSPS) is 20.3. The lowest BCUT2D eigenvalue weighted by Gasteiger charge is -2.32. The van der Waals surface area contributed by atoms with Crippen LogP contribution in [0.2, 0.25) is 0 Å².